The molecule has 2 heterocycles. The van der Waals surface area contributed by atoms with Gasteiger partial charge in [0.2, 0.25) is 5.91 Å². The summed E-state index contributed by atoms with van der Waals surface area (Å²) < 4.78 is 2.87. The third-order valence-electron chi connectivity index (χ3n) is 2.88. The number of aromatic nitrogens is 4. The second kappa shape index (κ2) is 5.16. The van der Waals surface area contributed by atoms with Crippen LogP contribution in [0.25, 0.3) is 0 Å². The van der Waals surface area contributed by atoms with Gasteiger partial charge >= 0.3 is 5.97 Å². The second-order valence-electron chi connectivity index (χ2n) is 4.47. The summed E-state index contributed by atoms with van der Waals surface area (Å²) in [5.41, 5.74) is 0.837. The molecule has 2 aromatic rings. The molecule has 2 rings (SSSR count). The van der Waals surface area contributed by atoms with Crippen molar-refractivity contribution in [2.75, 3.05) is 5.32 Å². The Hall–Kier alpha value is -2.64. The van der Waals surface area contributed by atoms with Gasteiger partial charge in [-0.05, 0) is 13.8 Å². The molecule has 106 valence electrons. The highest BCUT2D eigenvalue weighted by Gasteiger charge is 2.18. The van der Waals surface area contributed by atoms with Crippen LogP contribution in [0.15, 0.2) is 18.5 Å². The number of nitrogens with zero attached hydrogens (tertiary/aromatic N) is 4. The number of nitrogens with one attached hydrogen (secondary N) is 1. The van der Waals surface area contributed by atoms with Gasteiger partial charge in [0.05, 0.1) is 17.5 Å². The number of amides is 1. The lowest BCUT2D eigenvalue weighted by Crippen LogP contribution is -2.25. The Balaban J connectivity index is 2.12. The van der Waals surface area contributed by atoms with E-state index >= 15 is 0 Å². The first-order valence-corrected chi connectivity index (χ1v) is 5.97. The quantitative estimate of drug-likeness (QED) is 0.861. The summed E-state index contributed by atoms with van der Waals surface area (Å²) in [4.78, 5) is 22.9. The fraction of sp³-hybridized carbons (Fsp3) is 0.333. The summed E-state index contributed by atoms with van der Waals surface area (Å²) in [6, 6.07) is 1.12. The molecule has 8 nitrogen and oxygen atoms in total. The zero-order valence-electron chi connectivity index (χ0n) is 11.4. The number of carboxylic acid groups (broad SMARTS) is 1. The predicted octanol–water partition coefficient (Wildman–Crippen LogP) is 0.823. The molecule has 0 aliphatic heterocycles. The van der Waals surface area contributed by atoms with Crippen LogP contribution < -0.4 is 5.32 Å². The van der Waals surface area contributed by atoms with Gasteiger partial charge in [-0.2, -0.15) is 10.2 Å². The standard InChI is InChI=1S/C12H15N5O3/c1-7-4-10(16(3)15-7)14-11(18)8(2)17-6-9(5-13-17)12(19)20/h4-6,8H,1-3H3,(H,14,18)(H,19,20). The topological polar surface area (TPSA) is 102 Å². The van der Waals surface area contributed by atoms with E-state index in [0.717, 1.165) is 5.69 Å². The van der Waals surface area contributed by atoms with Gasteiger partial charge in [-0.15, -0.1) is 0 Å². The molecule has 0 bridgehead atoms. The van der Waals surface area contributed by atoms with Gasteiger partial charge in [-0.25, -0.2) is 4.79 Å². The molecule has 0 saturated heterocycles. The number of hydrogen-bond donors (Lipinski definition) is 2. The molecule has 20 heavy (non-hydrogen) atoms. The summed E-state index contributed by atoms with van der Waals surface area (Å²) in [5, 5.41) is 19.6. The number of aryl methyl sites for hydroxylation is 2. The van der Waals surface area contributed by atoms with Gasteiger partial charge in [-0.1, -0.05) is 0 Å². The van der Waals surface area contributed by atoms with Gasteiger partial charge in [-0.3, -0.25) is 14.2 Å². The molecule has 2 aromatic heterocycles. The predicted molar refractivity (Wildman–Crippen MR) is 70.5 cm³/mol. The molecule has 0 aromatic carbocycles. The van der Waals surface area contributed by atoms with Crippen molar-refractivity contribution in [2.24, 2.45) is 7.05 Å². The molecule has 1 amide bonds. The van der Waals surface area contributed by atoms with E-state index < -0.39 is 12.0 Å². The van der Waals surface area contributed by atoms with Crippen molar-refractivity contribution < 1.29 is 14.7 Å². The number of carboxylic acids is 1. The van der Waals surface area contributed by atoms with Crippen LogP contribution in [-0.4, -0.2) is 36.5 Å². The zero-order valence-corrected chi connectivity index (χ0v) is 11.4. The highest BCUT2D eigenvalue weighted by molar-refractivity contribution is 5.93. The van der Waals surface area contributed by atoms with Crippen LogP contribution in [0.4, 0.5) is 5.82 Å². The highest BCUT2D eigenvalue weighted by Crippen LogP contribution is 2.13. The zero-order chi connectivity index (χ0) is 14.9. The van der Waals surface area contributed by atoms with Gasteiger partial charge in [0.15, 0.2) is 0 Å². The first-order valence-electron chi connectivity index (χ1n) is 5.97. The van der Waals surface area contributed by atoms with Crippen LogP contribution in [0, 0.1) is 6.92 Å². The van der Waals surface area contributed by atoms with Gasteiger partial charge in [0, 0.05) is 19.3 Å². The van der Waals surface area contributed by atoms with Crippen molar-refractivity contribution in [3.63, 3.8) is 0 Å². The Morgan fingerprint density at radius 3 is 2.65 bits per heavy atom. The van der Waals surface area contributed by atoms with Crippen LogP contribution in [0.2, 0.25) is 0 Å². The maximum absolute atomic E-state index is 12.1. The summed E-state index contributed by atoms with van der Waals surface area (Å²) in [6.45, 7) is 3.46. The minimum atomic E-state index is -1.08. The molecular formula is C12H15N5O3. The van der Waals surface area contributed by atoms with Gasteiger partial charge in [0.1, 0.15) is 11.9 Å². The van der Waals surface area contributed by atoms with E-state index in [2.05, 4.69) is 15.5 Å². The Morgan fingerprint density at radius 2 is 2.15 bits per heavy atom. The number of carbonyl (C=O) groups excluding carboxylic acids is 1. The van der Waals surface area contributed by atoms with Gasteiger partial charge in [0.25, 0.3) is 0 Å². The molecule has 1 atom stereocenters. The normalized spacial score (nSPS) is 12.2. The van der Waals surface area contributed by atoms with Crippen molar-refractivity contribution in [3.05, 3.63) is 29.7 Å². The fourth-order valence-corrected chi connectivity index (χ4v) is 1.74. The van der Waals surface area contributed by atoms with Gasteiger partial charge < -0.3 is 10.4 Å². The average Bonchev–Trinajstić information content (AvgIpc) is 2.96. The Bertz CT molecular complexity index is 658. The van der Waals surface area contributed by atoms with Crippen LogP contribution in [-0.2, 0) is 11.8 Å². The molecule has 0 fully saturated rings. The SMILES string of the molecule is Cc1cc(NC(=O)C(C)n2cc(C(=O)O)cn2)n(C)n1. The Kier molecular flexibility index (Phi) is 3.55. The first-order chi connectivity index (χ1) is 9.38. The van der Waals surface area contributed by atoms with Crippen molar-refractivity contribution >= 4 is 17.7 Å². The smallest absolute Gasteiger partial charge is 0.338 e. The van der Waals surface area contributed by atoms with E-state index in [1.165, 1.54) is 17.1 Å². The summed E-state index contributed by atoms with van der Waals surface area (Å²) in [7, 11) is 1.73. The monoisotopic (exact) mass is 277 g/mol. The lowest BCUT2D eigenvalue weighted by Gasteiger charge is -2.12. The molecule has 0 aliphatic rings. The maximum atomic E-state index is 12.1. The third kappa shape index (κ3) is 2.68. The maximum Gasteiger partial charge on any atom is 0.338 e. The Morgan fingerprint density at radius 1 is 1.45 bits per heavy atom. The Labute approximate surface area is 115 Å². The average molecular weight is 277 g/mol. The van der Waals surface area contributed by atoms with E-state index in [1.807, 2.05) is 6.92 Å². The van der Waals surface area contributed by atoms with Crippen LogP contribution in [0.3, 0.4) is 0 Å². The van der Waals surface area contributed by atoms with Crippen molar-refractivity contribution in [2.45, 2.75) is 19.9 Å². The van der Waals surface area contributed by atoms with E-state index in [0.29, 0.717) is 5.82 Å². The second-order valence-corrected chi connectivity index (χ2v) is 4.47. The van der Waals surface area contributed by atoms with E-state index in [4.69, 9.17) is 5.11 Å². The summed E-state index contributed by atoms with van der Waals surface area (Å²) in [6.07, 6.45) is 2.53. The van der Waals surface area contributed by atoms with E-state index in [9.17, 15) is 9.59 Å². The van der Waals surface area contributed by atoms with Crippen molar-refractivity contribution in [3.8, 4) is 0 Å². The number of carbonyl (C=O) groups is 2. The largest absolute Gasteiger partial charge is 0.478 e. The highest BCUT2D eigenvalue weighted by atomic mass is 16.4. The molecule has 2 N–H and O–H groups in total. The molecular weight excluding hydrogens is 262 g/mol. The van der Waals surface area contributed by atoms with Crippen LogP contribution in [0.1, 0.15) is 29.0 Å². The first kappa shape index (κ1) is 13.8. The molecule has 0 radical (unpaired) electrons. The molecule has 1 unspecified atom stereocenters. The third-order valence-corrected chi connectivity index (χ3v) is 2.88. The molecule has 0 spiro atoms. The lowest BCUT2D eigenvalue weighted by atomic mass is 10.3. The van der Waals surface area contributed by atoms with Crippen LogP contribution >= 0.6 is 0 Å². The summed E-state index contributed by atoms with van der Waals surface area (Å²) in [5.74, 6) is -0.802. The summed E-state index contributed by atoms with van der Waals surface area (Å²) >= 11 is 0. The molecule has 0 saturated carbocycles. The van der Waals surface area contributed by atoms with Crippen molar-refractivity contribution in [1.82, 2.24) is 19.6 Å². The van der Waals surface area contributed by atoms with E-state index in [1.54, 1.807) is 24.7 Å². The van der Waals surface area contributed by atoms with E-state index in [-0.39, 0.29) is 11.5 Å². The number of aromatic carboxylic acids is 1. The number of rotatable bonds is 4. The minimum Gasteiger partial charge on any atom is -0.478 e. The molecule has 8 heteroatoms. The minimum absolute atomic E-state index is 0.0426. The number of anilines is 1. The fourth-order valence-electron chi connectivity index (χ4n) is 1.74. The number of hydrogen-bond acceptors (Lipinski definition) is 4. The van der Waals surface area contributed by atoms with Crippen molar-refractivity contribution in [1.29, 1.82) is 0 Å². The lowest BCUT2D eigenvalue weighted by molar-refractivity contribution is -0.119. The molecule has 0 aliphatic carbocycles. The van der Waals surface area contributed by atoms with Crippen LogP contribution in [0.5, 0.6) is 0 Å².